The molecule has 7 nitrogen and oxygen atoms in total. The minimum absolute atomic E-state index is 0.0391. The number of hydrogen-bond donors (Lipinski definition) is 1. The lowest BCUT2D eigenvalue weighted by molar-refractivity contribution is -0.125. The largest absolute Gasteiger partial charge is 0.344 e. The average Bonchev–Trinajstić information content (AvgIpc) is 2.95. The van der Waals surface area contributed by atoms with Crippen LogP contribution in [0.2, 0.25) is 0 Å². The lowest BCUT2D eigenvalue weighted by atomic mass is 10.2. The van der Waals surface area contributed by atoms with Gasteiger partial charge in [0.25, 0.3) is 5.56 Å². The Hall–Kier alpha value is -2.48. The Bertz CT molecular complexity index is 791. The predicted molar refractivity (Wildman–Crippen MR) is 85.7 cm³/mol. The van der Waals surface area contributed by atoms with Gasteiger partial charge in [-0.25, -0.2) is 4.68 Å². The summed E-state index contributed by atoms with van der Waals surface area (Å²) in [5.41, 5.74) is 0.932. The fourth-order valence-electron chi connectivity index (χ4n) is 2.23. The van der Waals surface area contributed by atoms with Crippen LogP contribution in [-0.2, 0) is 16.1 Å². The van der Waals surface area contributed by atoms with E-state index in [2.05, 4.69) is 15.4 Å². The number of nitrogens with one attached hydrogen (secondary N) is 1. The molecule has 23 heavy (non-hydrogen) atoms. The van der Waals surface area contributed by atoms with Gasteiger partial charge in [0.1, 0.15) is 6.54 Å². The highest BCUT2D eigenvalue weighted by molar-refractivity contribution is 8.14. The van der Waals surface area contributed by atoms with Gasteiger partial charge in [0.05, 0.1) is 11.7 Å². The molecule has 1 unspecified atom stereocenters. The summed E-state index contributed by atoms with van der Waals surface area (Å²) in [6.07, 6.45) is 3.89. The maximum atomic E-state index is 12.0. The number of amides is 1. The third kappa shape index (κ3) is 3.65. The van der Waals surface area contributed by atoms with Gasteiger partial charge >= 0.3 is 0 Å². The molecular formula is C15H14N4O3S. The Labute approximate surface area is 136 Å². The molecule has 8 heteroatoms. The standard InChI is InChI=1S/C15H14N4O3S/c20-13(17-12-5-7-23-15(12)22)9-19-14(21)4-3-11(18-19)10-2-1-6-16-8-10/h1-4,6,8,12H,5,7,9H2,(H,17,20). The summed E-state index contributed by atoms with van der Waals surface area (Å²) in [6.45, 7) is -0.221. The molecule has 3 rings (SSSR count). The van der Waals surface area contributed by atoms with Gasteiger partial charge in [0, 0.05) is 29.8 Å². The Morgan fingerprint density at radius 2 is 2.22 bits per heavy atom. The first-order valence-corrected chi connectivity index (χ1v) is 8.06. The van der Waals surface area contributed by atoms with Crippen molar-refractivity contribution in [3.63, 3.8) is 0 Å². The van der Waals surface area contributed by atoms with Gasteiger partial charge < -0.3 is 5.32 Å². The number of carbonyl (C=O) groups excluding carboxylic acids is 2. The summed E-state index contributed by atoms with van der Waals surface area (Å²) in [7, 11) is 0. The third-order valence-corrected chi connectivity index (χ3v) is 4.40. The third-order valence-electron chi connectivity index (χ3n) is 3.39. The van der Waals surface area contributed by atoms with E-state index in [-0.39, 0.29) is 17.2 Å². The highest BCUT2D eigenvalue weighted by Gasteiger charge is 2.26. The summed E-state index contributed by atoms with van der Waals surface area (Å²) >= 11 is 1.21. The Morgan fingerprint density at radius 3 is 2.91 bits per heavy atom. The van der Waals surface area contributed by atoms with Crippen LogP contribution in [0.1, 0.15) is 6.42 Å². The van der Waals surface area contributed by atoms with Crippen LogP contribution in [0.4, 0.5) is 0 Å². The minimum atomic E-state index is -0.468. The van der Waals surface area contributed by atoms with E-state index in [1.165, 1.54) is 17.8 Å². The van der Waals surface area contributed by atoms with Crippen molar-refractivity contribution in [1.82, 2.24) is 20.1 Å². The van der Waals surface area contributed by atoms with Crippen LogP contribution < -0.4 is 10.9 Å². The fraction of sp³-hybridized carbons (Fsp3) is 0.267. The summed E-state index contributed by atoms with van der Waals surface area (Å²) in [5.74, 6) is 0.308. The van der Waals surface area contributed by atoms with Gasteiger partial charge in [-0.2, -0.15) is 5.10 Å². The van der Waals surface area contributed by atoms with Crippen LogP contribution >= 0.6 is 11.8 Å². The first kappa shape index (κ1) is 15.4. The summed E-state index contributed by atoms with van der Waals surface area (Å²) in [4.78, 5) is 39.4. The number of rotatable bonds is 4. The average molecular weight is 330 g/mol. The zero-order chi connectivity index (χ0) is 16.2. The number of carbonyl (C=O) groups is 2. The van der Waals surface area contributed by atoms with Crippen molar-refractivity contribution < 1.29 is 9.59 Å². The molecule has 0 saturated carbocycles. The number of thioether (sulfide) groups is 1. The maximum absolute atomic E-state index is 12.0. The summed E-state index contributed by atoms with van der Waals surface area (Å²) < 4.78 is 1.09. The molecule has 1 fully saturated rings. The lowest BCUT2D eigenvalue weighted by Crippen LogP contribution is -2.41. The molecule has 0 spiro atoms. The minimum Gasteiger partial charge on any atom is -0.344 e. The van der Waals surface area contributed by atoms with Gasteiger partial charge in [-0.3, -0.25) is 19.4 Å². The second-order valence-electron chi connectivity index (χ2n) is 5.03. The molecule has 0 aromatic carbocycles. The molecule has 1 aliphatic heterocycles. The quantitative estimate of drug-likeness (QED) is 0.875. The molecule has 1 atom stereocenters. The Balaban J connectivity index is 1.76. The zero-order valence-corrected chi connectivity index (χ0v) is 13.0. The van der Waals surface area contributed by atoms with Crippen LogP contribution in [-0.4, -0.2) is 37.6 Å². The first-order valence-electron chi connectivity index (χ1n) is 7.08. The molecule has 0 radical (unpaired) electrons. The topological polar surface area (TPSA) is 93.9 Å². The Kier molecular flexibility index (Phi) is 4.52. The SMILES string of the molecule is O=C(Cn1nc(-c2cccnc2)ccc1=O)NC1CCSC1=O. The van der Waals surface area contributed by atoms with Crippen molar-refractivity contribution in [3.8, 4) is 11.3 Å². The lowest BCUT2D eigenvalue weighted by Gasteiger charge is -2.11. The van der Waals surface area contributed by atoms with E-state index in [1.54, 1.807) is 24.5 Å². The van der Waals surface area contributed by atoms with Crippen LogP contribution in [0.15, 0.2) is 41.5 Å². The van der Waals surface area contributed by atoms with Crippen LogP contribution in [0.3, 0.4) is 0 Å². The molecule has 2 aromatic heterocycles. The van der Waals surface area contributed by atoms with E-state index in [4.69, 9.17) is 0 Å². The molecule has 2 aromatic rings. The Morgan fingerprint density at radius 1 is 1.35 bits per heavy atom. The van der Waals surface area contributed by atoms with Crippen molar-refractivity contribution in [2.45, 2.75) is 19.0 Å². The number of pyridine rings is 1. The number of nitrogens with zero attached hydrogens (tertiary/aromatic N) is 3. The normalized spacial score (nSPS) is 17.2. The van der Waals surface area contributed by atoms with Gasteiger partial charge in [-0.15, -0.1) is 0 Å². The molecule has 0 bridgehead atoms. The molecule has 1 amide bonds. The van der Waals surface area contributed by atoms with E-state index in [9.17, 15) is 14.4 Å². The molecule has 1 N–H and O–H groups in total. The van der Waals surface area contributed by atoms with E-state index >= 15 is 0 Å². The second kappa shape index (κ2) is 6.74. The van der Waals surface area contributed by atoms with E-state index in [1.807, 2.05) is 6.07 Å². The molecule has 1 saturated heterocycles. The molecule has 0 aliphatic carbocycles. The van der Waals surface area contributed by atoms with Crippen molar-refractivity contribution in [1.29, 1.82) is 0 Å². The van der Waals surface area contributed by atoms with Gasteiger partial charge in [-0.1, -0.05) is 11.8 Å². The monoisotopic (exact) mass is 330 g/mol. The van der Waals surface area contributed by atoms with E-state index in [0.29, 0.717) is 17.9 Å². The molecular weight excluding hydrogens is 316 g/mol. The van der Waals surface area contributed by atoms with Crippen LogP contribution in [0.5, 0.6) is 0 Å². The predicted octanol–water partition coefficient (Wildman–Crippen LogP) is 0.454. The number of hydrogen-bond acceptors (Lipinski definition) is 6. The molecule has 118 valence electrons. The van der Waals surface area contributed by atoms with Crippen molar-refractivity contribution in [2.24, 2.45) is 0 Å². The highest BCUT2D eigenvalue weighted by atomic mass is 32.2. The number of aromatic nitrogens is 3. The van der Waals surface area contributed by atoms with Crippen LogP contribution in [0.25, 0.3) is 11.3 Å². The van der Waals surface area contributed by atoms with E-state index in [0.717, 1.165) is 10.2 Å². The molecule has 3 heterocycles. The summed E-state index contributed by atoms with van der Waals surface area (Å²) in [5, 5.41) is 6.79. The van der Waals surface area contributed by atoms with Crippen LogP contribution in [0, 0.1) is 0 Å². The van der Waals surface area contributed by atoms with Gasteiger partial charge in [-0.05, 0) is 24.6 Å². The molecule has 1 aliphatic rings. The van der Waals surface area contributed by atoms with Crippen molar-refractivity contribution >= 4 is 22.8 Å². The van der Waals surface area contributed by atoms with Crippen molar-refractivity contribution in [3.05, 3.63) is 47.0 Å². The van der Waals surface area contributed by atoms with Gasteiger partial charge in [0.15, 0.2) is 0 Å². The highest BCUT2D eigenvalue weighted by Crippen LogP contribution is 2.19. The van der Waals surface area contributed by atoms with Gasteiger partial charge in [0.2, 0.25) is 11.0 Å². The fourth-order valence-corrected chi connectivity index (χ4v) is 3.17. The van der Waals surface area contributed by atoms with Crippen molar-refractivity contribution in [2.75, 3.05) is 5.75 Å². The second-order valence-corrected chi connectivity index (χ2v) is 6.13. The zero-order valence-electron chi connectivity index (χ0n) is 12.1. The first-order chi connectivity index (χ1) is 11.1. The summed E-state index contributed by atoms with van der Waals surface area (Å²) in [6, 6.07) is 6.07. The maximum Gasteiger partial charge on any atom is 0.267 e. The smallest absolute Gasteiger partial charge is 0.267 e. The van der Waals surface area contributed by atoms with E-state index < -0.39 is 11.9 Å².